The van der Waals surface area contributed by atoms with Crippen LogP contribution in [0, 0.1) is 12.8 Å². The van der Waals surface area contributed by atoms with Crippen LogP contribution in [0.5, 0.6) is 0 Å². The summed E-state index contributed by atoms with van der Waals surface area (Å²) in [5.41, 5.74) is 2.94. The Morgan fingerprint density at radius 2 is 2.07 bits per heavy atom. The van der Waals surface area contributed by atoms with Crippen LogP contribution in [0.15, 0.2) is 22.7 Å². The van der Waals surface area contributed by atoms with E-state index in [0.29, 0.717) is 0 Å². The van der Waals surface area contributed by atoms with Crippen molar-refractivity contribution in [2.45, 2.75) is 26.2 Å². The lowest BCUT2D eigenvalue weighted by Crippen LogP contribution is -2.28. The van der Waals surface area contributed by atoms with Gasteiger partial charge in [0, 0.05) is 4.47 Å². The summed E-state index contributed by atoms with van der Waals surface area (Å²) in [5, 5.41) is 3.42. The molecule has 0 radical (unpaired) electrons. The minimum absolute atomic E-state index is 0.874. The standard InChI is InChI=1S/C13H18BrN/c1-10-2-3-13(14)9-12(10)8-11-4-6-15-7-5-11/h2-3,9,11,15H,4-8H2,1H3. The molecule has 1 fully saturated rings. The lowest BCUT2D eigenvalue weighted by atomic mass is 9.89. The highest BCUT2D eigenvalue weighted by Crippen LogP contribution is 2.23. The van der Waals surface area contributed by atoms with Gasteiger partial charge in [-0.15, -0.1) is 0 Å². The molecule has 0 amide bonds. The first kappa shape index (κ1) is 11.2. The monoisotopic (exact) mass is 267 g/mol. The quantitative estimate of drug-likeness (QED) is 0.867. The Kier molecular flexibility index (Phi) is 3.81. The molecule has 1 aromatic carbocycles. The average Bonchev–Trinajstić information content (AvgIpc) is 2.25. The van der Waals surface area contributed by atoms with Gasteiger partial charge >= 0.3 is 0 Å². The summed E-state index contributed by atoms with van der Waals surface area (Å²) in [6.45, 7) is 4.60. The molecule has 1 saturated heterocycles. The zero-order valence-corrected chi connectivity index (χ0v) is 10.8. The predicted molar refractivity (Wildman–Crippen MR) is 68.2 cm³/mol. The molecule has 1 heterocycles. The third kappa shape index (κ3) is 3.05. The van der Waals surface area contributed by atoms with E-state index in [0.717, 1.165) is 5.92 Å². The smallest absolute Gasteiger partial charge is 0.0178 e. The first-order valence-electron chi connectivity index (χ1n) is 5.71. The summed E-state index contributed by atoms with van der Waals surface area (Å²) in [7, 11) is 0. The van der Waals surface area contributed by atoms with Gasteiger partial charge in [-0.2, -0.15) is 0 Å². The van der Waals surface area contributed by atoms with Gasteiger partial charge in [-0.25, -0.2) is 0 Å². The Hall–Kier alpha value is -0.340. The largest absolute Gasteiger partial charge is 0.317 e. The maximum atomic E-state index is 3.55. The Morgan fingerprint density at radius 1 is 1.33 bits per heavy atom. The first-order valence-corrected chi connectivity index (χ1v) is 6.51. The normalized spacial score (nSPS) is 18.0. The first-order chi connectivity index (χ1) is 7.25. The maximum Gasteiger partial charge on any atom is 0.0178 e. The molecule has 1 N–H and O–H groups in total. The van der Waals surface area contributed by atoms with E-state index in [2.05, 4.69) is 46.4 Å². The highest BCUT2D eigenvalue weighted by atomic mass is 79.9. The highest BCUT2D eigenvalue weighted by Gasteiger charge is 2.14. The molecule has 0 spiro atoms. The van der Waals surface area contributed by atoms with Crippen molar-refractivity contribution < 1.29 is 0 Å². The van der Waals surface area contributed by atoms with Crippen LogP contribution in [-0.4, -0.2) is 13.1 Å². The Morgan fingerprint density at radius 3 is 2.80 bits per heavy atom. The molecule has 1 aliphatic heterocycles. The van der Waals surface area contributed by atoms with E-state index in [1.165, 1.54) is 48.0 Å². The van der Waals surface area contributed by atoms with E-state index >= 15 is 0 Å². The van der Waals surface area contributed by atoms with E-state index in [1.54, 1.807) is 0 Å². The second kappa shape index (κ2) is 5.13. The second-order valence-electron chi connectivity index (χ2n) is 4.47. The molecule has 1 aliphatic rings. The Bertz CT molecular complexity index is 329. The fourth-order valence-electron chi connectivity index (χ4n) is 2.26. The molecule has 0 aromatic heterocycles. The fraction of sp³-hybridized carbons (Fsp3) is 0.538. The second-order valence-corrected chi connectivity index (χ2v) is 5.38. The maximum absolute atomic E-state index is 3.55. The molecule has 1 aromatic rings. The van der Waals surface area contributed by atoms with Gasteiger partial charge in [0.05, 0.1) is 0 Å². The van der Waals surface area contributed by atoms with E-state index in [-0.39, 0.29) is 0 Å². The molecule has 2 rings (SSSR count). The van der Waals surface area contributed by atoms with Crippen LogP contribution in [0.1, 0.15) is 24.0 Å². The van der Waals surface area contributed by atoms with Gasteiger partial charge in [-0.05, 0) is 68.5 Å². The van der Waals surface area contributed by atoms with Crippen LogP contribution in [0.25, 0.3) is 0 Å². The van der Waals surface area contributed by atoms with Crippen molar-refractivity contribution in [2.75, 3.05) is 13.1 Å². The number of nitrogens with one attached hydrogen (secondary N) is 1. The molecule has 82 valence electrons. The molecule has 2 heteroatoms. The lowest BCUT2D eigenvalue weighted by Gasteiger charge is -2.23. The van der Waals surface area contributed by atoms with Crippen molar-refractivity contribution in [3.8, 4) is 0 Å². The van der Waals surface area contributed by atoms with E-state index < -0.39 is 0 Å². The van der Waals surface area contributed by atoms with Crippen molar-refractivity contribution in [1.29, 1.82) is 0 Å². The third-order valence-electron chi connectivity index (χ3n) is 3.28. The number of piperidine rings is 1. The minimum atomic E-state index is 0.874. The van der Waals surface area contributed by atoms with Crippen molar-refractivity contribution in [2.24, 2.45) is 5.92 Å². The number of rotatable bonds is 2. The van der Waals surface area contributed by atoms with Crippen LogP contribution in [0.2, 0.25) is 0 Å². The van der Waals surface area contributed by atoms with Crippen molar-refractivity contribution in [1.82, 2.24) is 5.32 Å². The topological polar surface area (TPSA) is 12.0 Å². The number of hydrogen-bond acceptors (Lipinski definition) is 1. The summed E-state index contributed by atoms with van der Waals surface area (Å²) < 4.78 is 1.21. The van der Waals surface area contributed by atoms with E-state index in [4.69, 9.17) is 0 Å². The third-order valence-corrected chi connectivity index (χ3v) is 3.77. The van der Waals surface area contributed by atoms with Gasteiger partial charge < -0.3 is 5.32 Å². The fourth-order valence-corrected chi connectivity index (χ4v) is 2.67. The van der Waals surface area contributed by atoms with Crippen LogP contribution in [-0.2, 0) is 6.42 Å². The zero-order chi connectivity index (χ0) is 10.7. The van der Waals surface area contributed by atoms with Crippen LogP contribution < -0.4 is 5.32 Å². The Balaban J connectivity index is 2.05. The summed E-state index contributed by atoms with van der Waals surface area (Å²) in [5.74, 6) is 0.874. The van der Waals surface area contributed by atoms with Gasteiger partial charge in [0.2, 0.25) is 0 Å². The number of hydrogen-bond donors (Lipinski definition) is 1. The van der Waals surface area contributed by atoms with Crippen molar-refractivity contribution >= 4 is 15.9 Å². The molecule has 1 nitrogen and oxygen atoms in total. The van der Waals surface area contributed by atoms with E-state index in [1.807, 2.05) is 0 Å². The molecular formula is C13H18BrN. The number of halogens is 1. The SMILES string of the molecule is Cc1ccc(Br)cc1CC1CCNCC1. The van der Waals surface area contributed by atoms with Gasteiger partial charge in [0.1, 0.15) is 0 Å². The van der Waals surface area contributed by atoms with Gasteiger partial charge in [0.25, 0.3) is 0 Å². The van der Waals surface area contributed by atoms with Crippen molar-refractivity contribution in [3.63, 3.8) is 0 Å². The zero-order valence-electron chi connectivity index (χ0n) is 9.22. The minimum Gasteiger partial charge on any atom is -0.317 e. The molecule has 0 aliphatic carbocycles. The summed E-state index contributed by atoms with van der Waals surface area (Å²) in [6, 6.07) is 6.61. The number of aryl methyl sites for hydroxylation is 1. The van der Waals surface area contributed by atoms with Crippen LogP contribution in [0.4, 0.5) is 0 Å². The highest BCUT2D eigenvalue weighted by molar-refractivity contribution is 9.10. The molecule has 0 atom stereocenters. The van der Waals surface area contributed by atoms with Crippen molar-refractivity contribution in [3.05, 3.63) is 33.8 Å². The van der Waals surface area contributed by atoms with Crippen LogP contribution in [0.3, 0.4) is 0 Å². The Labute approximate surface area is 100 Å². The summed E-state index contributed by atoms with van der Waals surface area (Å²) in [6.07, 6.45) is 3.89. The van der Waals surface area contributed by atoms with Crippen LogP contribution >= 0.6 is 15.9 Å². The summed E-state index contributed by atoms with van der Waals surface area (Å²) in [4.78, 5) is 0. The van der Waals surface area contributed by atoms with Gasteiger partial charge in [-0.1, -0.05) is 22.0 Å². The molecule has 15 heavy (non-hydrogen) atoms. The number of benzene rings is 1. The van der Waals surface area contributed by atoms with Gasteiger partial charge in [-0.3, -0.25) is 0 Å². The molecule has 0 saturated carbocycles. The lowest BCUT2D eigenvalue weighted by molar-refractivity contribution is 0.372. The van der Waals surface area contributed by atoms with Gasteiger partial charge in [0.15, 0.2) is 0 Å². The average molecular weight is 268 g/mol. The van der Waals surface area contributed by atoms with E-state index in [9.17, 15) is 0 Å². The molecule has 0 bridgehead atoms. The molecule has 0 unspecified atom stereocenters. The summed E-state index contributed by atoms with van der Waals surface area (Å²) >= 11 is 3.55. The predicted octanol–water partition coefficient (Wildman–Crippen LogP) is 3.30. The molecular weight excluding hydrogens is 250 g/mol.